The van der Waals surface area contributed by atoms with Gasteiger partial charge in [-0.3, -0.25) is 0 Å². The van der Waals surface area contributed by atoms with Gasteiger partial charge in [-0.2, -0.15) is 22.6 Å². The highest BCUT2D eigenvalue weighted by Gasteiger charge is 2.22. The van der Waals surface area contributed by atoms with Gasteiger partial charge in [-0.05, 0) is 45.3 Å². The smallest absolute Gasteiger partial charge is 0.227 e. The first-order valence-electron chi connectivity index (χ1n) is 9.92. The van der Waals surface area contributed by atoms with Crippen molar-refractivity contribution in [3.8, 4) is 0 Å². The van der Waals surface area contributed by atoms with Crippen LogP contribution in [0.2, 0.25) is 0 Å². The van der Waals surface area contributed by atoms with Gasteiger partial charge in [0.2, 0.25) is 5.95 Å². The molecule has 1 saturated carbocycles. The number of aromatic nitrogens is 4. The Morgan fingerprint density at radius 1 is 1.26 bits per heavy atom. The van der Waals surface area contributed by atoms with Gasteiger partial charge in [0.25, 0.3) is 0 Å². The maximum Gasteiger partial charge on any atom is 0.227 e. The predicted octanol–water partition coefficient (Wildman–Crippen LogP) is 3.98. The van der Waals surface area contributed by atoms with Crippen molar-refractivity contribution in [3.05, 3.63) is 6.33 Å². The maximum absolute atomic E-state index is 9.41. The number of hydrogen-bond donors (Lipinski definition) is 4. The van der Waals surface area contributed by atoms with Crippen molar-refractivity contribution in [1.29, 1.82) is 0 Å². The lowest BCUT2D eigenvalue weighted by atomic mass is 10.2. The highest BCUT2D eigenvalue weighted by molar-refractivity contribution is 7.79. The molecule has 8 heteroatoms. The number of nitrogens with one attached hydrogen (secondary N) is 2. The summed E-state index contributed by atoms with van der Waals surface area (Å²) in [6, 6.07) is 0.234. The molecule has 0 unspecified atom stereocenters. The minimum atomic E-state index is -0.0425. The number of rotatable bonds is 8. The van der Waals surface area contributed by atoms with E-state index in [1.807, 2.05) is 31.7 Å². The van der Waals surface area contributed by atoms with E-state index in [-0.39, 0.29) is 18.7 Å². The van der Waals surface area contributed by atoms with E-state index < -0.39 is 0 Å². The topological polar surface area (TPSA) is 87.9 Å². The fraction of sp³-hybridized carbons (Fsp3) is 0.737. The van der Waals surface area contributed by atoms with Crippen LogP contribution in [0.4, 0.5) is 11.8 Å². The molecule has 0 bridgehead atoms. The van der Waals surface area contributed by atoms with Gasteiger partial charge in [-0.1, -0.05) is 20.8 Å². The standard InChI is InChI=1S/C16H26N6O.C2H6.CH4S/c1-4-12(8-23)19-16-20-14(17-7-11-5-6-11)13-15(21-16)22(9-18-13)10(2)3;2*1-2/h9-12,23H,4-8H2,1-3H3,(H2,17,19,20,21);1-2H3;2H,1H3/t12-;;/m1../s1. The zero-order valence-corrected chi connectivity index (χ0v) is 18.4. The molecule has 154 valence electrons. The van der Waals surface area contributed by atoms with Crippen LogP contribution in [0.25, 0.3) is 11.2 Å². The normalized spacial score (nSPS) is 14.1. The molecule has 1 aliphatic carbocycles. The molecule has 1 fully saturated rings. The second-order valence-corrected chi connectivity index (χ2v) is 6.57. The lowest BCUT2D eigenvalue weighted by Gasteiger charge is -2.16. The number of thiol groups is 1. The lowest BCUT2D eigenvalue weighted by Crippen LogP contribution is -2.24. The van der Waals surface area contributed by atoms with Gasteiger partial charge in [0, 0.05) is 12.6 Å². The minimum absolute atomic E-state index is 0.0425. The number of fused-ring (bicyclic) bond motifs is 1. The van der Waals surface area contributed by atoms with Crippen molar-refractivity contribution in [2.45, 2.75) is 66.0 Å². The Morgan fingerprint density at radius 2 is 1.93 bits per heavy atom. The van der Waals surface area contributed by atoms with Crippen LogP contribution in [0.1, 0.15) is 59.9 Å². The number of hydrogen-bond acceptors (Lipinski definition) is 7. The van der Waals surface area contributed by atoms with Crippen LogP contribution in [-0.4, -0.2) is 50.1 Å². The van der Waals surface area contributed by atoms with Crippen LogP contribution < -0.4 is 10.6 Å². The summed E-state index contributed by atoms with van der Waals surface area (Å²) in [5.41, 5.74) is 1.63. The zero-order chi connectivity index (χ0) is 20.4. The van der Waals surface area contributed by atoms with E-state index in [1.165, 1.54) is 12.8 Å². The number of aliphatic hydroxyl groups is 1. The van der Waals surface area contributed by atoms with E-state index in [1.54, 1.807) is 6.26 Å². The van der Waals surface area contributed by atoms with Crippen LogP contribution in [0, 0.1) is 5.92 Å². The van der Waals surface area contributed by atoms with Gasteiger partial charge in [0.15, 0.2) is 17.0 Å². The molecule has 3 N–H and O–H groups in total. The van der Waals surface area contributed by atoms with Crippen LogP contribution in [0.15, 0.2) is 6.33 Å². The van der Waals surface area contributed by atoms with Gasteiger partial charge >= 0.3 is 0 Å². The third-order valence-corrected chi connectivity index (χ3v) is 4.28. The average molecular weight is 397 g/mol. The molecule has 2 aromatic rings. The number of nitrogens with zero attached hydrogens (tertiary/aromatic N) is 4. The molecular weight excluding hydrogens is 360 g/mol. The molecule has 2 aromatic heterocycles. The van der Waals surface area contributed by atoms with E-state index in [0.29, 0.717) is 5.95 Å². The second-order valence-electron chi connectivity index (χ2n) is 6.57. The zero-order valence-electron chi connectivity index (χ0n) is 17.5. The molecule has 2 heterocycles. The fourth-order valence-corrected chi connectivity index (χ4v) is 2.50. The molecule has 0 aliphatic heterocycles. The quantitative estimate of drug-likeness (QED) is 0.505. The highest BCUT2D eigenvalue weighted by atomic mass is 32.1. The SMILES string of the molecule is CC.CC[C@H](CO)Nc1nc(NCC2CC2)c2ncn(C(C)C)c2n1.CS. The minimum Gasteiger partial charge on any atom is -0.394 e. The van der Waals surface area contributed by atoms with Gasteiger partial charge in [0.1, 0.15) is 0 Å². The molecule has 0 saturated heterocycles. The molecule has 1 aliphatic rings. The number of anilines is 2. The molecule has 3 rings (SSSR count). The highest BCUT2D eigenvalue weighted by Crippen LogP contribution is 2.30. The molecular formula is C19H36N6OS. The summed E-state index contributed by atoms with van der Waals surface area (Å²) in [6.45, 7) is 11.2. The van der Waals surface area contributed by atoms with E-state index in [2.05, 4.69) is 52.1 Å². The summed E-state index contributed by atoms with van der Waals surface area (Å²) in [6.07, 6.45) is 6.90. The molecule has 27 heavy (non-hydrogen) atoms. The number of aliphatic hydroxyl groups excluding tert-OH is 1. The first kappa shape index (κ1) is 23.5. The summed E-state index contributed by atoms with van der Waals surface area (Å²) >= 11 is 3.53. The van der Waals surface area contributed by atoms with Gasteiger partial charge in [0.05, 0.1) is 19.0 Å². The summed E-state index contributed by atoms with van der Waals surface area (Å²) in [5.74, 6) is 2.07. The fourth-order valence-electron chi connectivity index (χ4n) is 2.50. The largest absolute Gasteiger partial charge is 0.394 e. The maximum atomic E-state index is 9.41. The Morgan fingerprint density at radius 3 is 2.44 bits per heavy atom. The van der Waals surface area contributed by atoms with Gasteiger partial charge in [-0.25, -0.2) is 4.98 Å². The summed E-state index contributed by atoms with van der Waals surface area (Å²) < 4.78 is 2.05. The Labute approximate surface area is 168 Å². The predicted molar refractivity (Wildman–Crippen MR) is 118 cm³/mol. The van der Waals surface area contributed by atoms with E-state index >= 15 is 0 Å². The molecule has 1 atom stereocenters. The first-order chi connectivity index (χ1) is 13.1. The van der Waals surface area contributed by atoms with Crippen LogP contribution in [0.5, 0.6) is 0 Å². The first-order valence-corrected chi connectivity index (χ1v) is 10.8. The Balaban J connectivity index is 0.000000855. The molecule has 0 aromatic carbocycles. The molecule has 0 amide bonds. The second kappa shape index (κ2) is 12.0. The summed E-state index contributed by atoms with van der Waals surface area (Å²) in [4.78, 5) is 13.7. The van der Waals surface area contributed by atoms with E-state index in [0.717, 1.165) is 35.9 Å². The summed E-state index contributed by atoms with van der Waals surface area (Å²) in [5, 5.41) is 16.0. The lowest BCUT2D eigenvalue weighted by molar-refractivity contribution is 0.271. The third-order valence-electron chi connectivity index (χ3n) is 4.28. The van der Waals surface area contributed by atoms with Crippen molar-refractivity contribution < 1.29 is 5.11 Å². The van der Waals surface area contributed by atoms with Gasteiger partial charge in [-0.15, -0.1) is 0 Å². The molecule has 0 radical (unpaired) electrons. The van der Waals surface area contributed by atoms with Crippen molar-refractivity contribution >= 4 is 35.6 Å². The van der Waals surface area contributed by atoms with Crippen molar-refractivity contribution in [2.24, 2.45) is 5.92 Å². The number of imidazole rings is 1. The molecule has 7 nitrogen and oxygen atoms in total. The Hall–Kier alpha value is -1.54. The van der Waals surface area contributed by atoms with Gasteiger partial charge < -0.3 is 20.3 Å². The van der Waals surface area contributed by atoms with Crippen molar-refractivity contribution in [3.63, 3.8) is 0 Å². The van der Waals surface area contributed by atoms with Crippen LogP contribution in [-0.2, 0) is 0 Å². The Bertz CT molecular complexity index is 668. The van der Waals surface area contributed by atoms with Crippen molar-refractivity contribution in [1.82, 2.24) is 19.5 Å². The van der Waals surface area contributed by atoms with E-state index in [4.69, 9.17) is 0 Å². The Kier molecular flexibility index (Phi) is 10.5. The average Bonchev–Trinajstić information content (AvgIpc) is 3.44. The van der Waals surface area contributed by atoms with E-state index in [9.17, 15) is 5.11 Å². The third kappa shape index (κ3) is 6.53. The van der Waals surface area contributed by atoms with Crippen LogP contribution in [0.3, 0.4) is 0 Å². The monoisotopic (exact) mass is 396 g/mol. The molecule has 0 spiro atoms. The van der Waals surface area contributed by atoms with Crippen LogP contribution >= 0.6 is 12.6 Å². The van der Waals surface area contributed by atoms with Crippen molar-refractivity contribution in [2.75, 3.05) is 30.0 Å². The summed E-state index contributed by atoms with van der Waals surface area (Å²) in [7, 11) is 0.